The van der Waals surface area contributed by atoms with Gasteiger partial charge in [0.1, 0.15) is 22.5 Å². The highest BCUT2D eigenvalue weighted by atomic mass is 32.2. The van der Waals surface area contributed by atoms with Crippen molar-refractivity contribution < 1.29 is 23.5 Å². The highest BCUT2D eigenvalue weighted by Gasteiger charge is 2.24. The number of hydrogen-bond acceptors (Lipinski definition) is 7. The zero-order chi connectivity index (χ0) is 35.6. The second kappa shape index (κ2) is 16.6. The third kappa shape index (κ3) is 9.15. The molecule has 0 aliphatic carbocycles. The van der Waals surface area contributed by atoms with E-state index in [-0.39, 0.29) is 17.2 Å². The molecular formula is C40H31FN4O4S2. The largest absolute Gasteiger partial charge is 0.497 e. The number of amides is 3. The van der Waals surface area contributed by atoms with Crippen LogP contribution in [0, 0.1) is 5.82 Å². The number of hydrogen-bond donors (Lipinski definition) is 3. The van der Waals surface area contributed by atoms with Crippen LogP contribution in [0.4, 0.5) is 15.2 Å². The van der Waals surface area contributed by atoms with Crippen molar-refractivity contribution in [2.24, 2.45) is 0 Å². The molecule has 254 valence electrons. The first-order valence-corrected chi connectivity index (χ1v) is 17.5. The molecule has 0 radical (unpaired) electrons. The molecular weight excluding hydrogens is 684 g/mol. The normalized spacial score (nSPS) is 11.7. The third-order valence-electron chi connectivity index (χ3n) is 7.52. The van der Waals surface area contributed by atoms with Gasteiger partial charge in [0.05, 0.1) is 12.8 Å². The number of thiazole rings is 1. The van der Waals surface area contributed by atoms with Crippen molar-refractivity contribution in [3.05, 3.63) is 167 Å². The van der Waals surface area contributed by atoms with E-state index in [1.54, 1.807) is 61.7 Å². The van der Waals surface area contributed by atoms with Gasteiger partial charge in [0.25, 0.3) is 11.8 Å². The minimum atomic E-state index is -0.664. The number of benzene rings is 5. The number of nitrogens with zero attached hydrogens (tertiary/aromatic N) is 1. The van der Waals surface area contributed by atoms with E-state index in [9.17, 15) is 18.8 Å². The molecule has 1 unspecified atom stereocenters. The van der Waals surface area contributed by atoms with Crippen LogP contribution in [0.2, 0.25) is 0 Å². The minimum absolute atomic E-state index is 0.132. The van der Waals surface area contributed by atoms with Gasteiger partial charge in [0.15, 0.2) is 5.13 Å². The first-order valence-electron chi connectivity index (χ1n) is 15.7. The van der Waals surface area contributed by atoms with Crippen LogP contribution >= 0.6 is 23.1 Å². The van der Waals surface area contributed by atoms with E-state index in [0.717, 1.165) is 11.1 Å². The molecule has 51 heavy (non-hydrogen) atoms. The van der Waals surface area contributed by atoms with Crippen molar-refractivity contribution >= 4 is 57.7 Å². The SMILES string of the molecule is COc1cccc(-c2csc(NC(=O)C(Sc3cccc(NC(=O)/C(=C/c4ccccc4F)NC(=O)c4ccccc4)c3)c3ccccc3)n2)c1. The Morgan fingerprint density at radius 1 is 0.824 bits per heavy atom. The van der Waals surface area contributed by atoms with E-state index in [1.807, 2.05) is 66.0 Å². The predicted molar refractivity (Wildman–Crippen MR) is 201 cm³/mol. The Bertz CT molecular complexity index is 2190. The summed E-state index contributed by atoms with van der Waals surface area (Å²) in [6.07, 6.45) is 1.29. The lowest BCUT2D eigenvalue weighted by molar-refractivity contribution is -0.116. The zero-order valence-corrected chi connectivity index (χ0v) is 28.8. The Hall–Kier alpha value is -6.04. The van der Waals surface area contributed by atoms with E-state index >= 15 is 0 Å². The van der Waals surface area contributed by atoms with Gasteiger partial charge in [-0.25, -0.2) is 9.37 Å². The van der Waals surface area contributed by atoms with Crippen molar-refractivity contribution in [1.82, 2.24) is 10.3 Å². The minimum Gasteiger partial charge on any atom is -0.497 e. The maximum absolute atomic E-state index is 14.6. The second-order valence-electron chi connectivity index (χ2n) is 11.0. The molecule has 1 heterocycles. The van der Waals surface area contributed by atoms with Crippen molar-refractivity contribution in [3.63, 3.8) is 0 Å². The van der Waals surface area contributed by atoms with Crippen molar-refractivity contribution in [2.45, 2.75) is 10.1 Å². The molecule has 0 aliphatic rings. The zero-order valence-electron chi connectivity index (χ0n) is 27.2. The van der Waals surface area contributed by atoms with Gasteiger partial charge in [0.2, 0.25) is 5.91 Å². The van der Waals surface area contributed by atoms with Gasteiger partial charge in [-0.15, -0.1) is 23.1 Å². The van der Waals surface area contributed by atoms with Gasteiger partial charge in [-0.05, 0) is 60.2 Å². The van der Waals surface area contributed by atoms with E-state index in [1.165, 1.54) is 47.4 Å². The first-order chi connectivity index (χ1) is 24.9. The Kier molecular flexibility index (Phi) is 11.3. The Morgan fingerprint density at radius 3 is 2.31 bits per heavy atom. The molecule has 0 saturated carbocycles. The van der Waals surface area contributed by atoms with Crippen LogP contribution in [0.15, 0.2) is 149 Å². The Balaban J connectivity index is 1.21. The van der Waals surface area contributed by atoms with E-state index in [4.69, 9.17) is 4.74 Å². The molecule has 0 spiro atoms. The first kappa shape index (κ1) is 34.8. The number of thioether (sulfide) groups is 1. The third-order valence-corrected chi connectivity index (χ3v) is 9.53. The number of carbonyl (C=O) groups is 3. The maximum Gasteiger partial charge on any atom is 0.272 e. The van der Waals surface area contributed by atoms with Gasteiger partial charge >= 0.3 is 0 Å². The summed E-state index contributed by atoms with van der Waals surface area (Å²) >= 11 is 2.62. The summed E-state index contributed by atoms with van der Waals surface area (Å²) in [4.78, 5) is 45.7. The Morgan fingerprint density at radius 2 is 1.55 bits per heavy atom. The summed E-state index contributed by atoms with van der Waals surface area (Å²) in [6, 6.07) is 38.3. The molecule has 1 aromatic heterocycles. The maximum atomic E-state index is 14.6. The number of carbonyl (C=O) groups excluding carboxylic acids is 3. The standard InChI is InChI=1S/C40H31FN4O4S2/c1-49-31-19-10-17-29(22-31)35-25-50-40(44-35)45-39(48)36(26-12-4-2-5-13-26)51-32-20-11-18-30(24-32)42-38(47)34(23-28-16-8-9-21-33(28)41)43-37(46)27-14-6-3-7-15-27/h2-25,36H,1H3,(H,42,47)(H,43,46)(H,44,45,48)/b34-23-. The number of nitrogens with one attached hydrogen (secondary N) is 3. The number of anilines is 2. The lowest BCUT2D eigenvalue weighted by Gasteiger charge is -2.17. The molecule has 8 nitrogen and oxygen atoms in total. The summed E-state index contributed by atoms with van der Waals surface area (Å²) in [7, 11) is 1.60. The average molecular weight is 715 g/mol. The highest BCUT2D eigenvalue weighted by Crippen LogP contribution is 2.38. The molecule has 6 aromatic rings. The van der Waals surface area contributed by atoms with Crippen LogP contribution in [-0.2, 0) is 9.59 Å². The van der Waals surface area contributed by atoms with Crippen LogP contribution in [0.25, 0.3) is 17.3 Å². The average Bonchev–Trinajstić information content (AvgIpc) is 3.63. The monoisotopic (exact) mass is 714 g/mol. The van der Waals surface area contributed by atoms with Crippen LogP contribution in [0.1, 0.15) is 26.7 Å². The lowest BCUT2D eigenvalue weighted by atomic mass is 10.1. The van der Waals surface area contributed by atoms with Crippen LogP contribution < -0.4 is 20.7 Å². The number of halogens is 1. The molecule has 11 heteroatoms. The van der Waals surface area contributed by atoms with E-state index in [2.05, 4.69) is 20.9 Å². The molecule has 3 amide bonds. The number of aromatic nitrogens is 1. The number of rotatable bonds is 12. The summed E-state index contributed by atoms with van der Waals surface area (Å²) in [5.41, 5.74) is 3.09. The smallest absolute Gasteiger partial charge is 0.272 e. The molecule has 3 N–H and O–H groups in total. The lowest BCUT2D eigenvalue weighted by Crippen LogP contribution is -2.30. The van der Waals surface area contributed by atoms with Crippen LogP contribution in [-0.4, -0.2) is 29.8 Å². The molecule has 6 rings (SSSR count). The van der Waals surface area contributed by atoms with E-state index in [0.29, 0.717) is 32.7 Å². The highest BCUT2D eigenvalue weighted by molar-refractivity contribution is 8.00. The summed E-state index contributed by atoms with van der Waals surface area (Å²) in [5.74, 6) is -1.29. The Labute approximate surface area is 302 Å². The molecule has 0 aliphatic heterocycles. The fourth-order valence-corrected chi connectivity index (χ4v) is 6.80. The summed E-state index contributed by atoms with van der Waals surface area (Å²) in [6.45, 7) is 0. The fraction of sp³-hybridized carbons (Fsp3) is 0.0500. The van der Waals surface area contributed by atoms with Crippen molar-refractivity contribution in [3.8, 4) is 17.0 Å². The quantitative estimate of drug-likeness (QED) is 0.0864. The van der Waals surface area contributed by atoms with Crippen molar-refractivity contribution in [2.75, 3.05) is 17.7 Å². The van der Waals surface area contributed by atoms with Gasteiger partial charge in [-0.3, -0.25) is 14.4 Å². The predicted octanol–water partition coefficient (Wildman–Crippen LogP) is 8.84. The number of methoxy groups -OCH3 is 1. The fourth-order valence-electron chi connectivity index (χ4n) is 4.99. The van der Waals surface area contributed by atoms with Crippen molar-refractivity contribution in [1.29, 1.82) is 0 Å². The molecule has 1 atom stereocenters. The van der Waals surface area contributed by atoms with Crippen LogP contribution in [0.3, 0.4) is 0 Å². The summed E-state index contributed by atoms with van der Waals surface area (Å²) in [5, 5.41) is 10.1. The summed E-state index contributed by atoms with van der Waals surface area (Å²) < 4.78 is 19.9. The topological polar surface area (TPSA) is 109 Å². The molecule has 0 saturated heterocycles. The molecule has 0 bridgehead atoms. The number of ether oxygens (including phenoxy) is 1. The van der Waals surface area contributed by atoms with Gasteiger partial charge in [-0.1, -0.05) is 84.9 Å². The van der Waals surface area contributed by atoms with Gasteiger partial charge in [-0.2, -0.15) is 0 Å². The van der Waals surface area contributed by atoms with Crippen LogP contribution in [0.5, 0.6) is 5.75 Å². The van der Waals surface area contributed by atoms with E-state index < -0.39 is 22.9 Å². The molecule has 5 aromatic carbocycles. The van der Waals surface area contributed by atoms with Gasteiger partial charge < -0.3 is 20.7 Å². The molecule has 0 fully saturated rings. The second-order valence-corrected chi connectivity index (χ2v) is 13.1. The van der Waals surface area contributed by atoms with Gasteiger partial charge in [0, 0.05) is 32.7 Å².